The number of carbonyl (C=O) groups excluding carboxylic acids is 2. The second kappa shape index (κ2) is 7.58. The van der Waals surface area contributed by atoms with Gasteiger partial charge < -0.3 is 9.64 Å². The summed E-state index contributed by atoms with van der Waals surface area (Å²) in [6, 6.07) is 10.5. The minimum Gasteiger partial charge on any atom is -0.426 e. The topological polar surface area (TPSA) is 59.5 Å². The van der Waals surface area contributed by atoms with Crippen molar-refractivity contribution in [2.75, 3.05) is 14.1 Å². The van der Waals surface area contributed by atoms with Gasteiger partial charge in [-0.1, -0.05) is 6.07 Å². The number of rotatable bonds is 5. The van der Waals surface area contributed by atoms with Crippen molar-refractivity contribution < 1.29 is 14.3 Å². The summed E-state index contributed by atoms with van der Waals surface area (Å²) in [4.78, 5) is 31.0. The molecule has 25 heavy (non-hydrogen) atoms. The van der Waals surface area contributed by atoms with E-state index >= 15 is 0 Å². The molecule has 3 rings (SSSR count). The maximum absolute atomic E-state index is 12.1. The van der Waals surface area contributed by atoms with Crippen LogP contribution in [-0.2, 0) is 11.2 Å². The first-order chi connectivity index (χ1) is 12.0. The van der Waals surface area contributed by atoms with Crippen LogP contribution in [0.3, 0.4) is 0 Å². The maximum atomic E-state index is 12.1. The quantitative estimate of drug-likeness (QED) is 0.506. The molecule has 0 spiro atoms. The Labute approximate surface area is 153 Å². The Kier molecular flexibility index (Phi) is 5.25. The summed E-state index contributed by atoms with van der Waals surface area (Å²) in [5.74, 6) is -0.0646. The van der Waals surface area contributed by atoms with E-state index in [1.807, 2.05) is 22.9 Å². The Morgan fingerprint density at radius 3 is 2.52 bits per heavy atom. The first-order valence-electron chi connectivity index (χ1n) is 7.53. The van der Waals surface area contributed by atoms with Crippen molar-refractivity contribution >= 4 is 34.6 Å². The molecule has 0 N–H and O–H groups in total. The molecule has 0 aliphatic heterocycles. The monoisotopic (exact) mass is 372 g/mol. The summed E-state index contributed by atoms with van der Waals surface area (Å²) in [5, 5.41) is 4.77. The Morgan fingerprint density at radius 1 is 1.12 bits per heavy atom. The largest absolute Gasteiger partial charge is 0.426 e. The van der Waals surface area contributed by atoms with E-state index in [1.54, 1.807) is 49.7 Å². The number of hydrogen-bond acceptors (Lipinski definition) is 6. The fraction of sp³-hybridized carbons (Fsp3) is 0.167. The van der Waals surface area contributed by atoms with Crippen molar-refractivity contribution in [3.05, 3.63) is 58.4 Å². The lowest BCUT2D eigenvalue weighted by molar-refractivity contribution is -0.133. The van der Waals surface area contributed by atoms with Crippen LogP contribution in [0.5, 0.6) is 5.75 Å². The number of benzene rings is 1. The minimum atomic E-state index is -0.380. The Morgan fingerprint density at radius 2 is 1.88 bits per heavy atom. The smallest absolute Gasteiger partial charge is 0.317 e. The molecule has 1 amide bonds. The second-order valence-electron chi connectivity index (χ2n) is 5.50. The number of thiazole rings is 1. The van der Waals surface area contributed by atoms with Crippen LogP contribution in [0, 0.1) is 0 Å². The van der Waals surface area contributed by atoms with Crippen molar-refractivity contribution in [1.29, 1.82) is 0 Å². The van der Waals surface area contributed by atoms with Gasteiger partial charge in [0.25, 0.3) is 5.91 Å². The molecule has 0 unspecified atom stereocenters. The van der Waals surface area contributed by atoms with Gasteiger partial charge in [-0.05, 0) is 35.7 Å². The highest BCUT2D eigenvalue weighted by Crippen LogP contribution is 2.28. The molecule has 2 heterocycles. The SMILES string of the molecule is CN(C)C(=O)c1ccc(OC(=O)Cc2csc(-c3cccs3)n2)cc1. The first kappa shape index (κ1) is 17.3. The molecule has 5 nitrogen and oxygen atoms in total. The molecule has 0 saturated heterocycles. The molecule has 0 atom stereocenters. The van der Waals surface area contributed by atoms with Crippen LogP contribution in [0.1, 0.15) is 16.1 Å². The zero-order chi connectivity index (χ0) is 17.8. The van der Waals surface area contributed by atoms with Crippen LogP contribution in [0.4, 0.5) is 0 Å². The summed E-state index contributed by atoms with van der Waals surface area (Å²) in [5.41, 5.74) is 1.24. The second-order valence-corrected chi connectivity index (χ2v) is 7.30. The maximum Gasteiger partial charge on any atom is 0.317 e. The van der Waals surface area contributed by atoms with Crippen LogP contribution < -0.4 is 4.74 Å². The predicted molar refractivity (Wildman–Crippen MR) is 99.2 cm³/mol. The van der Waals surface area contributed by atoms with E-state index in [0.717, 1.165) is 9.88 Å². The third kappa shape index (κ3) is 4.32. The predicted octanol–water partition coefficient (Wildman–Crippen LogP) is 3.72. The van der Waals surface area contributed by atoms with Gasteiger partial charge in [0.05, 0.1) is 17.0 Å². The molecule has 0 fully saturated rings. The van der Waals surface area contributed by atoms with Crippen LogP contribution in [0.2, 0.25) is 0 Å². The molecule has 2 aromatic heterocycles. The highest BCUT2D eigenvalue weighted by molar-refractivity contribution is 7.20. The van der Waals surface area contributed by atoms with Crippen LogP contribution >= 0.6 is 22.7 Å². The number of esters is 1. The lowest BCUT2D eigenvalue weighted by Gasteiger charge is -2.10. The molecule has 0 aliphatic carbocycles. The average Bonchev–Trinajstić information content (AvgIpc) is 3.26. The lowest BCUT2D eigenvalue weighted by Crippen LogP contribution is -2.21. The number of ether oxygens (including phenoxy) is 1. The third-order valence-electron chi connectivity index (χ3n) is 3.35. The van der Waals surface area contributed by atoms with E-state index in [0.29, 0.717) is 17.0 Å². The van der Waals surface area contributed by atoms with E-state index in [1.165, 1.54) is 16.2 Å². The average molecular weight is 372 g/mol. The highest BCUT2D eigenvalue weighted by Gasteiger charge is 2.12. The summed E-state index contributed by atoms with van der Waals surface area (Å²) in [6.07, 6.45) is 0.111. The Bertz CT molecular complexity index is 868. The summed E-state index contributed by atoms with van der Waals surface area (Å²) in [6.45, 7) is 0. The van der Waals surface area contributed by atoms with Gasteiger partial charge in [0.15, 0.2) is 0 Å². The van der Waals surface area contributed by atoms with E-state index < -0.39 is 0 Å². The molecule has 0 saturated carbocycles. The van der Waals surface area contributed by atoms with Gasteiger partial charge in [-0.25, -0.2) is 4.98 Å². The van der Waals surface area contributed by atoms with Crippen molar-refractivity contribution in [3.8, 4) is 15.6 Å². The summed E-state index contributed by atoms with van der Waals surface area (Å²) >= 11 is 3.13. The van der Waals surface area contributed by atoms with Gasteiger partial charge in [0.1, 0.15) is 10.8 Å². The standard InChI is InChI=1S/C18H16N2O3S2/c1-20(2)18(22)12-5-7-14(8-6-12)23-16(21)10-13-11-25-17(19-13)15-4-3-9-24-15/h3-9,11H,10H2,1-2H3. The molecule has 7 heteroatoms. The Hall–Kier alpha value is -2.51. The van der Waals surface area contributed by atoms with Gasteiger partial charge >= 0.3 is 5.97 Å². The van der Waals surface area contributed by atoms with E-state index in [9.17, 15) is 9.59 Å². The molecule has 0 aliphatic rings. The number of hydrogen-bond donors (Lipinski definition) is 0. The molecule has 0 radical (unpaired) electrons. The van der Waals surface area contributed by atoms with Crippen molar-refractivity contribution in [1.82, 2.24) is 9.88 Å². The fourth-order valence-corrected chi connectivity index (χ4v) is 3.77. The number of amides is 1. The van der Waals surface area contributed by atoms with E-state index in [2.05, 4.69) is 4.98 Å². The molecule has 3 aromatic rings. The molecular weight excluding hydrogens is 356 g/mol. The third-order valence-corrected chi connectivity index (χ3v) is 5.28. The number of thiophene rings is 1. The number of aromatic nitrogens is 1. The Balaban J connectivity index is 1.60. The molecule has 0 bridgehead atoms. The minimum absolute atomic E-state index is 0.0959. The van der Waals surface area contributed by atoms with Gasteiger partial charge in [-0.15, -0.1) is 22.7 Å². The van der Waals surface area contributed by atoms with Crippen molar-refractivity contribution in [2.45, 2.75) is 6.42 Å². The van der Waals surface area contributed by atoms with Gasteiger partial charge in [-0.3, -0.25) is 9.59 Å². The normalized spacial score (nSPS) is 10.5. The van der Waals surface area contributed by atoms with Gasteiger partial charge in [0, 0.05) is 25.0 Å². The zero-order valence-electron chi connectivity index (χ0n) is 13.8. The van der Waals surface area contributed by atoms with E-state index in [-0.39, 0.29) is 18.3 Å². The van der Waals surface area contributed by atoms with Crippen LogP contribution in [0.25, 0.3) is 9.88 Å². The number of nitrogens with zero attached hydrogens (tertiary/aromatic N) is 2. The van der Waals surface area contributed by atoms with Crippen molar-refractivity contribution in [3.63, 3.8) is 0 Å². The van der Waals surface area contributed by atoms with Crippen molar-refractivity contribution in [2.24, 2.45) is 0 Å². The lowest BCUT2D eigenvalue weighted by atomic mass is 10.2. The summed E-state index contributed by atoms with van der Waals surface area (Å²) in [7, 11) is 3.38. The number of carbonyl (C=O) groups is 2. The summed E-state index contributed by atoms with van der Waals surface area (Å²) < 4.78 is 5.32. The van der Waals surface area contributed by atoms with Crippen LogP contribution in [-0.4, -0.2) is 35.9 Å². The van der Waals surface area contributed by atoms with Gasteiger partial charge in [0.2, 0.25) is 0 Å². The van der Waals surface area contributed by atoms with Gasteiger partial charge in [-0.2, -0.15) is 0 Å². The first-order valence-corrected chi connectivity index (χ1v) is 9.29. The molecular formula is C18H16N2O3S2. The molecule has 128 valence electrons. The van der Waals surface area contributed by atoms with Crippen LogP contribution in [0.15, 0.2) is 47.2 Å². The highest BCUT2D eigenvalue weighted by atomic mass is 32.1. The molecule has 1 aromatic carbocycles. The van der Waals surface area contributed by atoms with E-state index in [4.69, 9.17) is 4.74 Å². The zero-order valence-corrected chi connectivity index (χ0v) is 15.4. The fourth-order valence-electron chi connectivity index (χ4n) is 2.14.